The Morgan fingerprint density at radius 1 is 0.829 bits per heavy atom. The van der Waals surface area contributed by atoms with Crippen LogP contribution < -0.4 is 15.0 Å². The number of carbonyl (C=O) groups is 2. The first-order valence-corrected chi connectivity index (χ1v) is 12.7. The molecule has 206 valence electrons. The van der Waals surface area contributed by atoms with E-state index in [2.05, 4.69) is 5.32 Å². The van der Waals surface area contributed by atoms with Crippen molar-refractivity contribution in [3.8, 4) is 34.0 Å². The fraction of sp³-hybridized carbons (Fsp3) is 0.0938. The van der Waals surface area contributed by atoms with Crippen molar-refractivity contribution in [2.75, 3.05) is 24.3 Å². The first-order chi connectivity index (χ1) is 19.7. The highest BCUT2D eigenvalue weighted by molar-refractivity contribution is 6.04. The number of carbonyl (C=O) groups excluding carboxylic acids is 2. The summed E-state index contributed by atoms with van der Waals surface area (Å²) < 4.78 is 34.5. The van der Waals surface area contributed by atoms with Crippen molar-refractivity contribution in [2.45, 2.75) is 6.92 Å². The van der Waals surface area contributed by atoms with E-state index in [1.807, 2.05) is 43.3 Å². The maximum atomic E-state index is 14.2. The highest BCUT2D eigenvalue weighted by Gasteiger charge is 2.25. The topological polar surface area (TPSA) is 76.5 Å². The lowest BCUT2D eigenvalue weighted by molar-refractivity contribution is -0.132. The number of halogens is 2. The first-order valence-electron chi connectivity index (χ1n) is 12.7. The Bertz CT molecular complexity index is 1710. The third kappa shape index (κ3) is 5.99. The van der Waals surface area contributed by atoms with Crippen LogP contribution in [0, 0.1) is 11.6 Å². The number of nitrogens with zero attached hydrogens (tertiary/aromatic N) is 3. The molecule has 0 unspecified atom stereocenters. The molecule has 1 amide bonds. The SMILES string of the molecule is CC(=O)Oc1c(-c2ccc(NC(=O)c3ccc(F)cc3)cc2)c(-c2ccc(N(C)C)cc2)nn1-c1cccc(F)c1. The predicted octanol–water partition coefficient (Wildman–Crippen LogP) is 6.73. The van der Waals surface area contributed by atoms with Crippen LogP contribution in [0.5, 0.6) is 5.88 Å². The highest BCUT2D eigenvalue weighted by Crippen LogP contribution is 2.41. The molecule has 0 saturated carbocycles. The van der Waals surface area contributed by atoms with Crippen molar-refractivity contribution in [2.24, 2.45) is 0 Å². The second kappa shape index (κ2) is 11.4. The van der Waals surface area contributed by atoms with Gasteiger partial charge in [0.2, 0.25) is 5.88 Å². The van der Waals surface area contributed by atoms with Gasteiger partial charge in [-0.3, -0.25) is 9.59 Å². The van der Waals surface area contributed by atoms with E-state index < -0.39 is 17.6 Å². The van der Waals surface area contributed by atoms with Gasteiger partial charge >= 0.3 is 5.97 Å². The van der Waals surface area contributed by atoms with Crippen molar-refractivity contribution in [3.63, 3.8) is 0 Å². The van der Waals surface area contributed by atoms with Crippen LogP contribution in [0.15, 0.2) is 97.1 Å². The van der Waals surface area contributed by atoms with Crippen LogP contribution in [-0.4, -0.2) is 35.8 Å². The number of aromatic nitrogens is 2. The molecule has 7 nitrogen and oxygen atoms in total. The molecule has 0 spiro atoms. The average Bonchev–Trinajstić information content (AvgIpc) is 3.32. The number of rotatable bonds is 7. The third-order valence-electron chi connectivity index (χ3n) is 6.33. The third-order valence-corrected chi connectivity index (χ3v) is 6.33. The van der Waals surface area contributed by atoms with Gasteiger partial charge in [-0.25, -0.2) is 8.78 Å². The van der Waals surface area contributed by atoms with Gasteiger partial charge in [-0.15, -0.1) is 0 Å². The molecule has 1 aromatic heterocycles. The minimum atomic E-state index is -0.568. The van der Waals surface area contributed by atoms with Crippen LogP contribution in [0.3, 0.4) is 0 Å². The zero-order valence-corrected chi connectivity index (χ0v) is 22.6. The van der Waals surface area contributed by atoms with E-state index in [0.717, 1.165) is 11.3 Å². The van der Waals surface area contributed by atoms with Crippen LogP contribution in [0.1, 0.15) is 17.3 Å². The lowest BCUT2D eigenvalue weighted by Gasteiger charge is -2.13. The zero-order valence-electron chi connectivity index (χ0n) is 22.6. The Hall–Kier alpha value is -5.31. The van der Waals surface area contributed by atoms with Gasteiger partial charge in [0.25, 0.3) is 5.91 Å². The van der Waals surface area contributed by atoms with E-state index in [4.69, 9.17) is 9.84 Å². The van der Waals surface area contributed by atoms with Gasteiger partial charge in [-0.05, 0) is 72.3 Å². The fourth-order valence-corrected chi connectivity index (χ4v) is 4.32. The maximum absolute atomic E-state index is 14.2. The summed E-state index contributed by atoms with van der Waals surface area (Å²) in [6.07, 6.45) is 0. The molecule has 1 N–H and O–H groups in total. The molecule has 5 rings (SSSR count). The van der Waals surface area contributed by atoms with Gasteiger partial charge in [0.05, 0.1) is 11.3 Å². The highest BCUT2D eigenvalue weighted by atomic mass is 19.1. The molecule has 0 aliphatic heterocycles. The normalized spacial score (nSPS) is 10.8. The number of ether oxygens (including phenoxy) is 1. The maximum Gasteiger partial charge on any atom is 0.309 e. The molecule has 0 radical (unpaired) electrons. The van der Waals surface area contributed by atoms with E-state index in [0.29, 0.717) is 33.8 Å². The number of nitrogens with one attached hydrogen (secondary N) is 1. The first kappa shape index (κ1) is 27.3. The Kier molecular flexibility index (Phi) is 7.60. The van der Waals surface area contributed by atoms with Gasteiger partial charge in [0.15, 0.2) is 0 Å². The summed E-state index contributed by atoms with van der Waals surface area (Å²) in [5.41, 5.74) is 4.61. The summed E-state index contributed by atoms with van der Waals surface area (Å²) in [5, 5.41) is 7.56. The van der Waals surface area contributed by atoms with Crippen molar-refractivity contribution >= 4 is 23.3 Å². The summed E-state index contributed by atoms with van der Waals surface area (Å²) in [6, 6.07) is 25.7. The molecule has 0 atom stereocenters. The van der Waals surface area contributed by atoms with Crippen molar-refractivity contribution in [3.05, 3.63) is 114 Å². The second-order valence-electron chi connectivity index (χ2n) is 9.49. The molecule has 5 aromatic rings. The van der Waals surface area contributed by atoms with Gasteiger partial charge in [0.1, 0.15) is 17.3 Å². The van der Waals surface area contributed by atoms with Gasteiger partial charge in [-0.1, -0.05) is 30.3 Å². The molecule has 4 aromatic carbocycles. The molecular formula is C32H26F2N4O3. The Morgan fingerprint density at radius 2 is 1.49 bits per heavy atom. The Labute approximate surface area is 235 Å². The standard InChI is InChI=1S/C32H26F2N4O3/c1-20(39)41-32-29(21-9-15-26(16-10-21)35-31(40)23-7-13-24(33)14-8-23)30(22-11-17-27(18-12-22)37(2)3)36-38(32)28-6-4-5-25(34)19-28/h4-19H,1-3H3,(H,35,40). The molecule has 1 heterocycles. The van der Waals surface area contributed by atoms with Crippen LogP contribution in [-0.2, 0) is 4.79 Å². The van der Waals surface area contributed by atoms with E-state index in [-0.39, 0.29) is 11.8 Å². The minimum absolute atomic E-state index is 0.123. The Morgan fingerprint density at radius 3 is 2.10 bits per heavy atom. The van der Waals surface area contributed by atoms with E-state index >= 15 is 0 Å². The predicted molar refractivity (Wildman–Crippen MR) is 154 cm³/mol. The lowest BCUT2D eigenvalue weighted by Crippen LogP contribution is -2.11. The molecule has 0 aliphatic carbocycles. The quantitative estimate of drug-likeness (QED) is 0.227. The number of benzene rings is 4. The van der Waals surface area contributed by atoms with Crippen LogP contribution in [0.25, 0.3) is 28.1 Å². The van der Waals surface area contributed by atoms with E-state index in [9.17, 15) is 18.4 Å². The average molecular weight is 553 g/mol. The molecule has 0 fully saturated rings. The van der Waals surface area contributed by atoms with E-state index in [1.165, 1.54) is 48.0 Å². The summed E-state index contributed by atoms with van der Waals surface area (Å²) in [7, 11) is 3.88. The smallest absolute Gasteiger partial charge is 0.309 e. The summed E-state index contributed by atoms with van der Waals surface area (Å²) in [6.45, 7) is 1.28. The minimum Gasteiger partial charge on any atom is -0.407 e. The molecular weight excluding hydrogens is 526 g/mol. The lowest BCUT2D eigenvalue weighted by atomic mass is 10.0. The second-order valence-corrected chi connectivity index (χ2v) is 9.49. The molecule has 9 heteroatoms. The van der Waals surface area contributed by atoms with Gasteiger partial charge in [0, 0.05) is 43.5 Å². The summed E-state index contributed by atoms with van der Waals surface area (Å²) in [4.78, 5) is 26.8. The largest absolute Gasteiger partial charge is 0.407 e. The van der Waals surface area contributed by atoms with E-state index in [1.54, 1.807) is 36.4 Å². The monoisotopic (exact) mass is 552 g/mol. The van der Waals surface area contributed by atoms with Crippen molar-refractivity contribution < 1.29 is 23.1 Å². The number of hydrogen-bond acceptors (Lipinski definition) is 5. The van der Waals surface area contributed by atoms with Crippen molar-refractivity contribution in [1.29, 1.82) is 0 Å². The van der Waals surface area contributed by atoms with Crippen LogP contribution >= 0.6 is 0 Å². The molecule has 0 bridgehead atoms. The number of anilines is 2. The molecule has 41 heavy (non-hydrogen) atoms. The Balaban J connectivity index is 1.61. The number of hydrogen-bond donors (Lipinski definition) is 1. The molecule has 0 saturated heterocycles. The van der Waals surface area contributed by atoms with Crippen LogP contribution in [0.4, 0.5) is 20.2 Å². The summed E-state index contributed by atoms with van der Waals surface area (Å²) in [5.74, 6) is -1.73. The van der Waals surface area contributed by atoms with Crippen molar-refractivity contribution in [1.82, 2.24) is 9.78 Å². The van der Waals surface area contributed by atoms with Crippen LogP contribution in [0.2, 0.25) is 0 Å². The molecule has 0 aliphatic rings. The van der Waals surface area contributed by atoms with Gasteiger partial charge in [-0.2, -0.15) is 9.78 Å². The summed E-state index contributed by atoms with van der Waals surface area (Å²) >= 11 is 0. The fourth-order valence-electron chi connectivity index (χ4n) is 4.32. The number of esters is 1. The number of amides is 1. The van der Waals surface area contributed by atoms with Gasteiger partial charge < -0.3 is 15.0 Å². The zero-order chi connectivity index (χ0) is 29.1.